The second-order valence-corrected chi connectivity index (χ2v) is 14.4. The van der Waals surface area contributed by atoms with E-state index in [1.54, 1.807) is 6.20 Å². The Balaban J connectivity index is 0.000000312. The molecule has 0 radical (unpaired) electrons. The summed E-state index contributed by atoms with van der Waals surface area (Å²) in [6, 6.07) is 6.95. The fourth-order valence-electron chi connectivity index (χ4n) is 8.88. The van der Waals surface area contributed by atoms with Gasteiger partial charge in [0.05, 0.1) is 18.1 Å². The molecule has 49 heavy (non-hydrogen) atoms. The number of ether oxygens (including phenoxy) is 1. The minimum atomic E-state index is -0.723. The van der Waals surface area contributed by atoms with Gasteiger partial charge in [-0.1, -0.05) is 18.1 Å². The van der Waals surface area contributed by atoms with Crippen LogP contribution in [-0.2, 0) is 0 Å². The van der Waals surface area contributed by atoms with Crippen molar-refractivity contribution in [3.05, 3.63) is 59.4 Å². The first-order chi connectivity index (χ1) is 23.8. The van der Waals surface area contributed by atoms with Gasteiger partial charge >= 0.3 is 6.01 Å². The van der Waals surface area contributed by atoms with E-state index in [4.69, 9.17) is 11.2 Å². The highest BCUT2D eigenvalue weighted by Gasteiger charge is 2.60. The SMILES string of the molecule is C#Cc1c(F)ccc2cc(O)cc(-c3ncc4c(N5CC6CCC(C5)N6C5=CC56CC6)nc(OC)nc4c3F)c12.FC1CC2CCCN2C1. The highest BCUT2D eigenvalue weighted by atomic mass is 19.1. The lowest BCUT2D eigenvalue weighted by molar-refractivity contribution is 0.220. The van der Waals surface area contributed by atoms with E-state index in [-0.39, 0.29) is 34.1 Å². The molecule has 0 amide bonds. The Labute approximate surface area is 282 Å². The van der Waals surface area contributed by atoms with Crippen LogP contribution in [0.5, 0.6) is 11.8 Å². The summed E-state index contributed by atoms with van der Waals surface area (Å²) in [7, 11) is 1.45. The largest absolute Gasteiger partial charge is 0.508 e. The van der Waals surface area contributed by atoms with Crippen molar-refractivity contribution >= 4 is 27.5 Å². The maximum absolute atomic E-state index is 16.4. The number of methoxy groups -OCH3 is 1. The Kier molecular flexibility index (Phi) is 6.99. The molecule has 4 aliphatic heterocycles. The van der Waals surface area contributed by atoms with Gasteiger partial charge in [0.25, 0.3) is 0 Å². The van der Waals surface area contributed by atoms with Crippen molar-refractivity contribution < 1.29 is 23.0 Å². The third-order valence-corrected chi connectivity index (χ3v) is 11.4. The Morgan fingerprint density at radius 1 is 1.04 bits per heavy atom. The number of halogens is 3. The van der Waals surface area contributed by atoms with Crippen LogP contribution in [0.3, 0.4) is 0 Å². The molecule has 6 heterocycles. The number of phenolic OH excluding ortho intramolecular Hbond substituents is 1. The van der Waals surface area contributed by atoms with Crippen molar-refractivity contribution in [2.45, 2.75) is 69.2 Å². The molecule has 2 aliphatic carbocycles. The third kappa shape index (κ3) is 4.98. The minimum Gasteiger partial charge on any atom is -0.508 e. The first-order valence-electron chi connectivity index (χ1n) is 17.2. The topological polar surface area (TPSA) is 77.9 Å². The van der Waals surface area contributed by atoms with Crippen LogP contribution in [0.1, 0.15) is 50.5 Å². The molecule has 2 aromatic carbocycles. The molecule has 1 N–H and O–H groups in total. The predicted octanol–water partition coefficient (Wildman–Crippen LogP) is 6.34. The van der Waals surface area contributed by atoms with E-state index in [2.05, 4.69) is 41.6 Å². The number of rotatable bonds is 4. The molecular formula is C38H37F3N6O2. The van der Waals surface area contributed by atoms with Gasteiger partial charge in [-0.25, -0.2) is 13.2 Å². The molecule has 1 saturated carbocycles. The van der Waals surface area contributed by atoms with E-state index < -0.39 is 17.8 Å². The number of aromatic nitrogens is 3. The van der Waals surface area contributed by atoms with Crippen LogP contribution >= 0.6 is 0 Å². The summed E-state index contributed by atoms with van der Waals surface area (Å²) in [6.07, 6.45) is 17.2. The van der Waals surface area contributed by atoms with Crippen LogP contribution in [0.2, 0.25) is 0 Å². The monoisotopic (exact) mass is 666 g/mol. The number of piperazine rings is 1. The van der Waals surface area contributed by atoms with E-state index in [9.17, 15) is 13.9 Å². The highest BCUT2D eigenvalue weighted by molar-refractivity contribution is 6.03. The van der Waals surface area contributed by atoms with E-state index in [0.29, 0.717) is 52.1 Å². The van der Waals surface area contributed by atoms with Gasteiger partial charge in [0, 0.05) is 66.0 Å². The van der Waals surface area contributed by atoms with Crippen molar-refractivity contribution in [1.29, 1.82) is 0 Å². The molecule has 4 saturated heterocycles. The minimum absolute atomic E-state index is 0.0261. The number of allylic oxidation sites excluding steroid dienone is 2. The summed E-state index contributed by atoms with van der Waals surface area (Å²) in [5.74, 6) is 1.49. The van der Waals surface area contributed by atoms with Gasteiger partial charge in [0.2, 0.25) is 0 Å². The van der Waals surface area contributed by atoms with Gasteiger partial charge in [-0.3, -0.25) is 9.88 Å². The number of hydrogen-bond acceptors (Lipinski definition) is 8. The molecule has 2 aromatic heterocycles. The lowest BCUT2D eigenvalue weighted by Crippen LogP contribution is -2.52. The molecule has 10 rings (SSSR count). The number of alkyl halides is 1. The number of aromatic hydroxyl groups is 1. The first-order valence-corrected chi connectivity index (χ1v) is 17.2. The number of hydrogen-bond donors (Lipinski definition) is 1. The fraction of sp³-hybridized carbons (Fsp3) is 0.447. The van der Waals surface area contributed by atoms with Gasteiger partial charge in [0.1, 0.15) is 34.8 Å². The van der Waals surface area contributed by atoms with Crippen molar-refractivity contribution in [2.75, 3.05) is 38.2 Å². The molecule has 4 aromatic rings. The van der Waals surface area contributed by atoms with Crippen LogP contribution in [0.15, 0.2) is 42.2 Å². The van der Waals surface area contributed by atoms with Crippen LogP contribution in [0, 0.1) is 29.4 Å². The van der Waals surface area contributed by atoms with Gasteiger partial charge in [-0.2, -0.15) is 9.97 Å². The predicted molar refractivity (Wildman–Crippen MR) is 181 cm³/mol. The zero-order chi connectivity index (χ0) is 33.6. The van der Waals surface area contributed by atoms with Gasteiger partial charge < -0.3 is 19.6 Å². The first kappa shape index (κ1) is 30.5. The number of phenols is 1. The average molecular weight is 667 g/mol. The summed E-state index contributed by atoms with van der Waals surface area (Å²) in [5.41, 5.74) is 2.01. The molecule has 5 fully saturated rings. The average Bonchev–Trinajstić information content (AvgIpc) is 3.89. The van der Waals surface area contributed by atoms with E-state index in [1.807, 2.05) is 0 Å². The van der Waals surface area contributed by atoms with Crippen molar-refractivity contribution in [3.63, 3.8) is 0 Å². The third-order valence-electron chi connectivity index (χ3n) is 11.4. The van der Waals surface area contributed by atoms with Crippen molar-refractivity contribution in [2.24, 2.45) is 5.41 Å². The number of pyridine rings is 1. The standard InChI is InChI=1S/C31H25F2N5O2.C7H12FN/c1-3-20-23(32)7-4-16-10-19(39)11-21(25(16)20)27-26(33)28-22(13-34-27)29(36-30(35-28)40-2)37-14-17-5-6-18(15-37)38(17)24-12-31(24)8-9-31;8-6-4-7-2-1-3-9(7)5-6/h1,4,7,10-13,17-18,39H,5-6,8-9,14-15H2,2H3;6-7H,1-5H2. The maximum atomic E-state index is 16.4. The Bertz CT molecular complexity index is 2070. The lowest BCUT2D eigenvalue weighted by Gasteiger charge is -2.42. The molecular weight excluding hydrogens is 629 g/mol. The number of terminal acetylenes is 1. The summed E-state index contributed by atoms with van der Waals surface area (Å²) in [5, 5.41) is 11.6. The van der Waals surface area contributed by atoms with Gasteiger partial charge in [-0.05, 0) is 75.1 Å². The molecule has 6 aliphatic rings. The highest BCUT2D eigenvalue weighted by Crippen LogP contribution is 2.67. The van der Waals surface area contributed by atoms with Crippen LogP contribution in [0.25, 0.3) is 32.9 Å². The smallest absolute Gasteiger partial charge is 0.318 e. The Morgan fingerprint density at radius 3 is 2.53 bits per heavy atom. The quantitative estimate of drug-likeness (QED) is 0.253. The van der Waals surface area contributed by atoms with E-state index >= 15 is 4.39 Å². The summed E-state index contributed by atoms with van der Waals surface area (Å²) in [6.45, 7) is 3.39. The summed E-state index contributed by atoms with van der Waals surface area (Å²) in [4.78, 5) is 20.6. The molecule has 4 unspecified atom stereocenters. The molecule has 252 valence electrons. The van der Waals surface area contributed by atoms with Crippen molar-refractivity contribution in [3.8, 4) is 35.4 Å². The number of nitrogens with zero attached hydrogens (tertiary/aromatic N) is 6. The molecule has 4 atom stereocenters. The number of benzene rings is 2. The molecule has 1 spiro atoms. The van der Waals surface area contributed by atoms with Crippen molar-refractivity contribution in [1.82, 2.24) is 24.8 Å². The summed E-state index contributed by atoms with van der Waals surface area (Å²) >= 11 is 0. The Hall–Kier alpha value is -4.56. The maximum Gasteiger partial charge on any atom is 0.318 e. The second-order valence-electron chi connectivity index (χ2n) is 14.4. The normalized spacial score (nSPS) is 26.1. The molecule has 8 nitrogen and oxygen atoms in total. The number of fused-ring (bicyclic) bond motifs is 5. The zero-order valence-corrected chi connectivity index (χ0v) is 27.3. The summed E-state index contributed by atoms with van der Waals surface area (Å²) < 4.78 is 49.0. The fourth-order valence-corrected chi connectivity index (χ4v) is 8.88. The van der Waals surface area contributed by atoms with Crippen LogP contribution in [0.4, 0.5) is 19.0 Å². The zero-order valence-electron chi connectivity index (χ0n) is 27.3. The van der Waals surface area contributed by atoms with Crippen LogP contribution < -0.4 is 9.64 Å². The number of anilines is 1. The van der Waals surface area contributed by atoms with Gasteiger partial charge in [-0.15, -0.1) is 6.42 Å². The van der Waals surface area contributed by atoms with E-state index in [1.165, 1.54) is 62.8 Å². The Morgan fingerprint density at radius 2 is 1.84 bits per heavy atom. The molecule has 11 heteroatoms. The van der Waals surface area contributed by atoms with Crippen LogP contribution in [-0.4, -0.2) is 87.4 Å². The molecule has 2 bridgehead atoms. The van der Waals surface area contributed by atoms with E-state index in [0.717, 1.165) is 38.9 Å². The lowest BCUT2D eigenvalue weighted by atomic mass is 9.96. The van der Waals surface area contributed by atoms with Gasteiger partial charge in [0.15, 0.2) is 5.82 Å². The second kappa shape index (κ2) is 11.2.